The Balaban J connectivity index is 2.29. The molecule has 0 radical (unpaired) electrons. The highest BCUT2D eigenvalue weighted by atomic mass is 35.5. The summed E-state index contributed by atoms with van der Waals surface area (Å²) in [7, 11) is 0.357. The van der Waals surface area contributed by atoms with E-state index in [9.17, 15) is 0 Å². The first kappa shape index (κ1) is 6.69. The number of hydrogen-bond acceptors (Lipinski definition) is 1. The van der Waals surface area contributed by atoms with E-state index in [2.05, 4.69) is 6.08 Å². The first-order valence-corrected chi connectivity index (χ1v) is 4.67. The molecule has 1 nitrogen and oxygen atoms in total. The Kier molecular flexibility index (Phi) is 1.71. The summed E-state index contributed by atoms with van der Waals surface area (Å²) >= 11 is 5.80. The van der Waals surface area contributed by atoms with Crippen molar-refractivity contribution in [2.24, 2.45) is 0 Å². The zero-order chi connectivity index (χ0) is 6.97. The molecule has 1 atom stereocenters. The molecule has 1 aliphatic carbocycles. The average molecular weight is 175 g/mol. The van der Waals surface area contributed by atoms with Crippen LogP contribution in [-0.2, 0) is 4.52 Å². The zero-order valence-electron chi connectivity index (χ0n) is 5.48. The first-order valence-electron chi connectivity index (χ1n) is 3.38. The van der Waals surface area contributed by atoms with Crippen LogP contribution in [0.2, 0.25) is 0 Å². The van der Waals surface area contributed by atoms with Crippen LogP contribution in [0.4, 0.5) is 0 Å². The Morgan fingerprint density at radius 2 is 2.40 bits per heavy atom. The molecule has 54 valence electrons. The van der Waals surface area contributed by atoms with Crippen molar-refractivity contribution in [1.82, 2.24) is 0 Å². The van der Waals surface area contributed by atoms with E-state index in [-0.39, 0.29) is 0 Å². The highest BCUT2D eigenvalue weighted by Crippen LogP contribution is 2.43. The minimum atomic E-state index is 0.357. The lowest BCUT2D eigenvalue weighted by Crippen LogP contribution is -1.86. The third-order valence-corrected chi connectivity index (χ3v) is 2.81. The molecule has 0 amide bonds. The molecule has 1 unspecified atom stereocenters. The number of hydrogen-bond donors (Lipinski definition) is 0. The molecule has 10 heavy (non-hydrogen) atoms. The van der Waals surface area contributed by atoms with E-state index in [4.69, 9.17) is 16.1 Å². The van der Waals surface area contributed by atoms with E-state index in [0.717, 1.165) is 17.6 Å². The number of rotatable bonds is 0. The molecule has 1 heterocycles. The van der Waals surface area contributed by atoms with Gasteiger partial charge in [-0.25, -0.2) is 0 Å². The van der Waals surface area contributed by atoms with Crippen molar-refractivity contribution < 1.29 is 4.52 Å². The second kappa shape index (κ2) is 2.56. The zero-order valence-corrected chi connectivity index (χ0v) is 7.24. The molecule has 2 aliphatic rings. The van der Waals surface area contributed by atoms with Crippen molar-refractivity contribution in [3.8, 4) is 0 Å². The Hall–Kier alpha value is -0.0000000000000000555. The van der Waals surface area contributed by atoms with E-state index in [1.54, 1.807) is 0 Å². The van der Waals surface area contributed by atoms with Gasteiger partial charge in [0.05, 0.1) is 4.77 Å². The van der Waals surface area contributed by atoms with Crippen molar-refractivity contribution in [2.45, 2.75) is 19.3 Å². The standard InChI is InChI=1S/C7H8ClOP/c8-7-4-5-2-1-3-6(5)9-10-7/h4,10H,1-3H2. The molecule has 0 bridgehead atoms. The van der Waals surface area contributed by atoms with Gasteiger partial charge in [0.1, 0.15) is 14.6 Å². The second-order valence-corrected chi connectivity index (χ2v) is 4.17. The lowest BCUT2D eigenvalue weighted by Gasteiger charge is -2.11. The van der Waals surface area contributed by atoms with Crippen LogP contribution in [0.15, 0.2) is 22.2 Å². The van der Waals surface area contributed by atoms with Crippen LogP contribution in [0.5, 0.6) is 0 Å². The molecule has 2 rings (SSSR count). The summed E-state index contributed by atoms with van der Waals surface area (Å²) in [5, 5.41) is 0. The first-order chi connectivity index (χ1) is 4.86. The molecule has 0 N–H and O–H groups in total. The van der Waals surface area contributed by atoms with Gasteiger partial charge >= 0.3 is 0 Å². The van der Waals surface area contributed by atoms with Crippen molar-refractivity contribution in [2.75, 3.05) is 0 Å². The molecule has 1 aliphatic heterocycles. The fourth-order valence-electron chi connectivity index (χ4n) is 1.30. The van der Waals surface area contributed by atoms with Crippen LogP contribution in [0.1, 0.15) is 19.3 Å². The van der Waals surface area contributed by atoms with Gasteiger partial charge in [0.25, 0.3) is 0 Å². The molecule has 0 aromatic carbocycles. The third-order valence-electron chi connectivity index (χ3n) is 1.78. The van der Waals surface area contributed by atoms with E-state index in [0.29, 0.717) is 8.81 Å². The topological polar surface area (TPSA) is 9.23 Å². The maximum Gasteiger partial charge on any atom is 0.116 e. The normalized spacial score (nSPS) is 26.3. The van der Waals surface area contributed by atoms with Crippen LogP contribution in [0.25, 0.3) is 0 Å². The lowest BCUT2D eigenvalue weighted by atomic mass is 10.2. The fraction of sp³-hybridized carbons (Fsp3) is 0.429. The number of allylic oxidation sites excluding steroid dienone is 3. The molecule has 0 aromatic heterocycles. The highest BCUT2D eigenvalue weighted by molar-refractivity contribution is 7.41. The van der Waals surface area contributed by atoms with Gasteiger partial charge in [-0.2, -0.15) is 0 Å². The van der Waals surface area contributed by atoms with Gasteiger partial charge in [-0.15, -0.1) is 0 Å². The van der Waals surface area contributed by atoms with Crippen molar-refractivity contribution in [3.05, 3.63) is 22.2 Å². The smallest absolute Gasteiger partial charge is 0.116 e. The van der Waals surface area contributed by atoms with Crippen LogP contribution < -0.4 is 0 Å². The SMILES string of the molecule is ClC1=CC2=C(CCC2)OP1. The average Bonchev–Trinajstić information content (AvgIpc) is 2.33. The summed E-state index contributed by atoms with van der Waals surface area (Å²) in [6.45, 7) is 0. The Morgan fingerprint density at radius 3 is 3.30 bits per heavy atom. The van der Waals surface area contributed by atoms with Crippen LogP contribution in [0, 0.1) is 0 Å². The van der Waals surface area contributed by atoms with Crippen LogP contribution >= 0.6 is 20.4 Å². The van der Waals surface area contributed by atoms with Crippen LogP contribution in [-0.4, -0.2) is 0 Å². The van der Waals surface area contributed by atoms with Gasteiger partial charge in [0.2, 0.25) is 0 Å². The van der Waals surface area contributed by atoms with Gasteiger partial charge in [0.15, 0.2) is 0 Å². The Labute approximate surface area is 67.0 Å². The molecule has 0 fully saturated rings. The maximum atomic E-state index is 5.80. The monoisotopic (exact) mass is 174 g/mol. The minimum absolute atomic E-state index is 0.357. The molecular weight excluding hydrogens is 167 g/mol. The lowest BCUT2D eigenvalue weighted by molar-refractivity contribution is 0.466. The van der Waals surface area contributed by atoms with E-state index in [1.807, 2.05) is 0 Å². The highest BCUT2D eigenvalue weighted by Gasteiger charge is 2.18. The van der Waals surface area contributed by atoms with E-state index < -0.39 is 0 Å². The molecule has 3 heteroatoms. The van der Waals surface area contributed by atoms with Gasteiger partial charge in [-0.05, 0) is 24.5 Å². The van der Waals surface area contributed by atoms with Gasteiger partial charge in [-0.3, -0.25) is 0 Å². The predicted octanol–water partition coefficient (Wildman–Crippen LogP) is 3.13. The summed E-state index contributed by atoms with van der Waals surface area (Å²) < 4.78 is 6.28. The predicted molar refractivity (Wildman–Crippen MR) is 44.2 cm³/mol. The third kappa shape index (κ3) is 1.09. The quantitative estimate of drug-likeness (QED) is 0.513. The molecule has 0 aromatic rings. The molecule has 0 saturated carbocycles. The second-order valence-electron chi connectivity index (χ2n) is 2.50. The summed E-state index contributed by atoms with van der Waals surface area (Å²) in [5.41, 5.74) is 1.32. The van der Waals surface area contributed by atoms with E-state index >= 15 is 0 Å². The molecule has 0 saturated heterocycles. The summed E-state index contributed by atoms with van der Waals surface area (Å²) in [6.07, 6.45) is 5.56. The van der Waals surface area contributed by atoms with Crippen molar-refractivity contribution in [1.29, 1.82) is 0 Å². The summed E-state index contributed by atoms with van der Waals surface area (Å²) in [6, 6.07) is 0. The number of halogens is 1. The summed E-state index contributed by atoms with van der Waals surface area (Å²) in [4.78, 5) is 0. The molecule has 0 spiro atoms. The minimum Gasteiger partial charge on any atom is -0.476 e. The van der Waals surface area contributed by atoms with Crippen LogP contribution in [0.3, 0.4) is 0 Å². The maximum absolute atomic E-state index is 5.80. The Morgan fingerprint density at radius 1 is 1.50 bits per heavy atom. The van der Waals surface area contributed by atoms with Gasteiger partial charge in [0, 0.05) is 6.42 Å². The van der Waals surface area contributed by atoms with Crippen molar-refractivity contribution >= 4 is 20.4 Å². The molecular formula is C7H8ClOP. The largest absolute Gasteiger partial charge is 0.476 e. The summed E-state index contributed by atoms with van der Waals surface area (Å²) in [5.74, 6) is 1.18. The van der Waals surface area contributed by atoms with Gasteiger partial charge in [-0.1, -0.05) is 11.6 Å². The van der Waals surface area contributed by atoms with E-state index in [1.165, 1.54) is 17.8 Å². The van der Waals surface area contributed by atoms with Crippen molar-refractivity contribution in [3.63, 3.8) is 0 Å². The fourth-order valence-corrected chi connectivity index (χ4v) is 2.24. The Bertz CT molecular complexity index is 220. The van der Waals surface area contributed by atoms with Gasteiger partial charge < -0.3 is 4.52 Å².